The molecule has 56 heavy (non-hydrogen) atoms. The second-order valence-corrected chi connectivity index (χ2v) is 15.1. The van der Waals surface area contributed by atoms with Crippen molar-refractivity contribution in [3.8, 4) is 0 Å². The lowest BCUT2D eigenvalue weighted by Crippen LogP contribution is -2.31. The highest BCUT2D eigenvalue weighted by Gasteiger charge is 2.42. The molecule has 2 heterocycles. The first kappa shape index (κ1) is 45.1. The lowest BCUT2D eigenvalue weighted by molar-refractivity contribution is -0.386. The number of para-hydroxylation sites is 2. The van der Waals surface area contributed by atoms with Crippen molar-refractivity contribution in [2.24, 2.45) is 0 Å². The molecule has 13 nitrogen and oxygen atoms in total. The minimum absolute atomic E-state index is 0.0415. The van der Waals surface area contributed by atoms with Crippen molar-refractivity contribution >= 4 is 17.5 Å². The van der Waals surface area contributed by atoms with Gasteiger partial charge in [0.15, 0.2) is 24.8 Å². The Morgan fingerprint density at radius 1 is 0.589 bits per heavy atom. The van der Waals surface area contributed by atoms with Gasteiger partial charge in [0.1, 0.15) is 12.2 Å². The fraction of sp³-hybridized carbons (Fsp3) is 0.698. The Morgan fingerprint density at radius 3 is 1.29 bits per heavy atom. The van der Waals surface area contributed by atoms with Gasteiger partial charge in [-0.1, -0.05) is 141 Å². The zero-order chi connectivity index (χ0) is 40.0. The number of unbranched alkanes of at least 4 members (excludes halogenated alkanes) is 16. The lowest BCUT2D eigenvalue weighted by Gasteiger charge is -2.26. The zero-order valence-corrected chi connectivity index (χ0v) is 33.5. The van der Waals surface area contributed by atoms with E-state index in [9.17, 15) is 25.0 Å². The van der Waals surface area contributed by atoms with E-state index in [1.165, 1.54) is 113 Å². The Morgan fingerprint density at radius 2 is 0.929 bits per heavy atom. The van der Waals surface area contributed by atoms with Crippen molar-refractivity contribution in [3.05, 3.63) is 79.9 Å². The van der Waals surface area contributed by atoms with Crippen LogP contribution in [0.2, 0.25) is 0 Å². The highest BCUT2D eigenvalue weighted by atomic mass is 16.8. The van der Waals surface area contributed by atoms with Crippen LogP contribution in [0.5, 0.6) is 0 Å². The first-order chi connectivity index (χ1) is 27.3. The largest absolute Gasteiger partial charge is 0.509 e. The Kier molecular flexibility index (Phi) is 20.6. The Bertz CT molecular complexity index is 1350. The van der Waals surface area contributed by atoms with Gasteiger partial charge in [0.05, 0.1) is 34.2 Å². The molecule has 0 aromatic heterocycles. The van der Waals surface area contributed by atoms with Crippen LogP contribution < -0.4 is 0 Å². The quantitative estimate of drug-likeness (QED) is 0.0350. The molecule has 2 saturated heterocycles. The van der Waals surface area contributed by atoms with E-state index >= 15 is 0 Å². The van der Waals surface area contributed by atoms with E-state index in [1.54, 1.807) is 12.1 Å². The van der Waals surface area contributed by atoms with Crippen LogP contribution in [-0.4, -0.2) is 54.0 Å². The lowest BCUT2D eigenvalue weighted by atomic mass is 10.0. The Balaban J connectivity index is 1.40. The fourth-order valence-corrected chi connectivity index (χ4v) is 7.52. The van der Waals surface area contributed by atoms with Crippen molar-refractivity contribution < 1.29 is 43.1 Å². The molecule has 0 aliphatic carbocycles. The van der Waals surface area contributed by atoms with Crippen LogP contribution in [0.3, 0.4) is 0 Å². The van der Waals surface area contributed by atoms with Gasteiger partial charge in [0.25, 0.3) is 11.4 Å². The number of hydrogen-bond donors (Lipinski definition) is 0. The molecule has 6 unspecified atom stereocenters. The van der Waals surface area contributed by atoms with Crippen molar-refractivity contribution in [1.29, 1.82) is 0 Å². The Labute approximate surface area is 332 Å². The summed E-state index contributed by atoms with van der Waals surface area (Å²) in [5.74, 6) is 0. The summed E-state index contributed by atoms with van der Waals surface area (Å²) in [4.78, 5) is 36.9. The minimum atomic E-state index is -1.26. The van der Waals surface area contributed by atoms with Gasteiger partial charge in [-0.05, 0) is 37.8 Å². The number of carbonyl (C=O) groups is 1. The van der Waals surface area contributed by atoms with Gasteiger partial charge >= 0.3 is 6.16 Å². The number of nitro benzene ring substituents is 2. The summed E-state index contributed by atoms with van der Waals surface area (Å²) >= 11 is 0. The number of ether oxygens (including phenoxy) is 6. The molecule has 0 bridgehead atoms. The monoisotopic (exact) mass is 784 g/mol. The topological polar surface area (TPSA) is 159 Å². The molecule has 2 aliphatic heterocycles. The number of carbonyl (C=O) groups excluding carboxylic acids is 1. The van der Waals surface area contributed by atoms with E-state index in [4.69, 9.17) is 28.4 Å². The molecular weight excluding hydrogens is 720 g/mol. The molecule has 2 fully saturated rings. The summed E-state index contributed by atoms with van der Waals surface area (Å²) in [6, 6.07) is 12.0. The van der Waals surface area contributed by atoms with Gasteiger partial charge in [-0.25, -0.2) is 4.79 Å². The average Bonchev–Trinajstić information content (AvgIpc) is 3.88. The molecule has 0 amide bonds. The highest BCUT2D eigenvalue weighted by molar-refractivity contribution is 5.62. The van der Waals surface area contributed by atoms with E-state index < -0.39 is 53.0 Å². The molecule has 2 aromatic carbocycles. The van der Waals surface area contributed by atoms with E-state index in [1.807, 2.05) is 0 Å². The number of benzene rings is 2. The molecule has 312 valence electrons. The van der Waals surface area contributed by atoms with Crippen LogP contribution in [-0.2, 0) is 28.4 Å². The zero-order valence-electron chi connectivity index (χ0n) is 33.5. The van der Waals surface area contributed by atoms with E-state index in [-0.39, 0.29) is 35.7 Å². The predicted octanol–water partition coefficient (Wildman–Crippen LogP) is 11.8. The van der Waals surface area contributed by atoms with Crippen molar-refractivity contribution in [1.82, 2.24) is 0 Å². The fourth-order valence-electron chi connectivity index (χ4n) is 7.52. The van der Waals surface area contributed by atoms with Gasteiger partial charge in [0, 0.05) is 12.1 Å². The minimum Gasteiger partial charge on any atom is -0.423 e. The molecule has 0 N–H and O–H groups in total. The number of hydrogen-bond acceptors (Lipinski definition) is 11. The van der Waals surface area contributed by atoms with Crippen molar-refractivity contribution in [2.75, 3.05) is 13.2 Å². The second kappa shape index (κ2) is 25.6. The summed E-state index contributed by atoms with van der Waals surface area (Å²) in [5, 5.41) is 24.2. The van der Waals surface area contributed by atoms with Gasteiger partial charge in [0.2, 0.25) is 0 Å². The number of rotatable bonds is 28. The van der Waals surface area contributed by atoms with Gasteiger partial charge in [-0.3, -0.25) is 20.2 Å². The molecule has 4 rings (SSSR count). The van der Waals surface area contributed by atoms with E-state index in [2.05, 4.69) is 13.8 Å². The third-order valence-corrected chi connectivity index (χ3v) is 10.6. The first-order valence-corrected chi connectivity index (χ1v) is 21.2. The standard InChI is InChI=1S/C43H64N2O11/c1-3-5-7-9-11-13-15-17-19-29-39-51-31-37(53-39)41(33-25-21-23-27-35(33)44(47)48)55-43(46)56-42(34-26-22-24-28-36(34)45(49)50)38-32-52-40(54-38)30-20-18-16-14-12-10-8-6-4-2/h21-28,37-42H,3-20,29-32H2,1-2H3. The van der Waals surface area contributed by atoms with Crippen LogP contribution in [0.4, 0.5) is 16.2 Å². The van der Waals surface area contributed by atoms with Gasteiger partial charge in [-0.15, -0.1) is 0 Å². The maximum Gasteiger partial charge on any atom is 0.509 e. The normalized spacial score (nSPS) is 20.5. The molecule has 0 spiro atoms. The molecule has 0 radical (unpaired) electrons. The molecule has 13 heteroatoms. The summed E-state index contributed by atoms with van der Waals surface area (Å²) < 4.78 is 36.1. The first-order valence-electron chi connectivity index (χ1n) is 21.2. The summed E-state index contributed by atoms with van der Waals surface area (Å²) in [6.07, 6.45) is 15.9. The summed E-state index contributed by atoms with van der Waals surface area (Å²) in [6.45, 7) is 4.51. The molecular formula is C43H64N2O11. The molecule has 2 aromatic rings. The van der Waals surface area contributed by atoms with Crippen LogP contribution in [0.15, 0.2) is 48.5 Å². The van der Waals surface area contributed by atoms with Crippen LogP contribution in [0.25, 0.3) is 0 Å². The van der Waals surface area contributed by atoms with Crippen molar-refractivity contribution in [2.45, 2.75) is 179 Å². The molecule has 2 aliphatic rings. The third-order valence-electron chi connectivity index (χ3n) is 10.6. The van der Waals surface area contributed by atoms with Crippen molar-refractivity contribution in [3.63, 3.8) is 0 Å². The van der Waals surface area contributed by atoms with Crippen LogP contribution >= 0.6 is 0 Å². The smallest absolute Gasteiger partial charge is 0.423 e. The average molecular weight is 785 g/mol. The van der Waals surface area contributed by atoms with Crippen LogP contribution in [0.1, 0.15) is 166 Å². The SMILES string of the molecule is CCCCCCCCCCCC1OCC(C(OC(=O)OC(c2ccccc2[N+](=O)[O-])C2COC(CCCCCCCCCCC)O2)c2ccccc2[N+](=O)[O-])O1. The predicted molar refractivity (Wildman–Crippen MR) is 212 cm³/mol. The van der Waals surface area contributed by atoms with Gasteiger partial charge in [-0.2, -0.15) is 0 Å². The summed E-state index contributed by atoms with van der Waals surface area (Å²) in [7, 11) is 0. The Hall–Kier alpha value is -3.65. The number of nitro groups is 2. The van der Waals surface area contributed by atoms with Crippen LogP contribution in [0, 0.1) is 20.2 Å². The van der Waals surface area contributed by atoms with E-state index in [0.717, 1.165) is 38.5 Å². The number of nitrogens with zero attached hydrogens (tertiary/aromatic N) is 2. The highest BCUT2D eigenvalue weighted by Crippen LogP contribution is 2.39. The third kappa shape index (κ3) is 15.0. The van der Waals surface area contributed by atoms with E-state index in [0.29, 0.717) is 12.8 Å². The maximum absolute atomic E-state index is 13.8. The maximum atomic E-state index is 13.8. The summed E-state index contributed by atoms with van der Waals surface area (Å²) in [5.41, 5.74) is -0.261. The molecule has 6 atom stereocenters. The second-order valence-electron chi connectivity index (χ2n) is 15.1. The molecule has 0 saturated carbocycles. The van der Waals surface area contributed by atoms with Gasteiger partial charge < -0.3 is 28.4 Å².